The van der Waals surface area contributed by atoms with Crippen LogP contribution < -0.4 is 10.5 Å². The second-order valence-electron chi connectivity index (χ2n) is 4.17. The highest BCUT2D eigenvalue weighted by Gasteiger charge is 2.30. The number of aliphatic carboxylic acids is 1. The van der Waals surface area contributed by atoms with Crippen LogP contribution in [0.15, 0.2) is 9.42 Å². The summed E-state index contributed by atoms with van der Waals surface area (Å²) in [6, 6.07) is -1.46. The highest BCUT2D eigenvalue weighted by Crippen LogP contribution is 2.19. The molecular weight excluding hydrogens is 290 g/mol. The van der Waals surface area contributed by atoms with Crippen LogP contribution in [0.4, 0.5) is 0 Å². The summed E-state index contributed by atoms with van der Waals surface area (Å²) in [7, 11) is -4.11. The summed E-state index contributed by atoms with van der Waals surface area (Å²) in [4.78, 5) is 21.5. The van der Waals surface area contributed by atoms with Gasteiger partial charge in [0.2, 0.25) is 15.9 Å². The molecule has 0 aliphatic carbocycles. The fourth-order valence-electron chi connectivity index (χ4n) is 1.62. The molecule has 1 aromatic heterocycles. The molecule has 0 aliphatic heterocycles. The normalized spacial score (nSPS) is 13.1. The van der Waals surface area contributed by atoms with Gasteiger partial charge in [-0.25, -0.2) is 8.42 Å². The molecule has 4 N–H and O–H groups in total. The lowest BCUT2D eigenvalue weighted by molar-refractivity contribution is -0.139. The summed E-state index contributed by atoms with van der Waals surface area (Å²) in [5, 5.41) is 12.5. The van der Waals surface area contributed by atoms with E-state index in [2.05, 4.69) is 5.16 Å². The van der Waals surface area contributed by atoms with E-state index in [-0.39, 0.29) is 29.2 Å². The highest BCUT2D eigenvalue weighted by molar-refractivity contribution is 7.89. The van der Waals surface area contributed by atoms with E-state index in [1.807, 2.05) is 4.72 Å². The maximum absolute atomic E-state index is 12.1. The molecule has 0 aliphatic rings. The van der Waals surface area contributed by atoms with Crippen molar-refractivity contribution in [1.29, 1.82) is 0 Å². The van der Waals surface area contributed by atoms with Crippen LogP contribution in [0, 0.1) is 13.8 Å². The number of nitrogens with one attached hydrogen (secondary N) is 1. The third-order valence-corrected chi connectivity index (χ3v) is 4.23. The Morgan fingerprint density at radius 1 is 1.45 bits per heavy atom. The number of amides is 1. The molecule has 0 bridgehead atoms. The van der Waals surface area contributed by atoms with Gasteiger partial charge in [-0.1, -0.05) is 5.16 Å². The average molecular weight is 305 g/mol. The zero-order valence-electron chi connectivity index (χ0n) is 10.9. The van der Waals surface area contributed by atoms with E-state index in [9.17, 15) is 18.0 Å². The van der Waals surface area contributed by atoms with Crippen LogP contribution in [0.5, 0.6) is 0 Å². The smallest absolute Gasteiger partial charge is 0.321 e. The minimum absolute atomic E-state index is 0.0500. The van der Waals surface area contributed by atoms with Crippen molar-refractivity contribution in [2.45, 2.75) is 37.6 Å². The second kappa shape index (κ2) is 6.01. The third kappa shape index (κ3) is 3.78. The van der Waals surface area contributed by atoms with Crippen LogP contribution in [-0.2, 0) is 19.6 Å². The summed E-state index contributed by atoms with van der Waals surface area (Å²) in [5.74, 6) is -2.07. The van der Waals surface area contributed by atoms with E-state index in [4.69, 9.17) is 15.4 Å². The van der Waals surface area contributed by atoms with Crippen LogP contribution in [-0.4, -0.2) is 36.6 Å². The fraction of sp³-hybridized carbons (Fsp3) is 0.500. The number of nitrogens with zero attached hydrogens (tertiary/aromatic N) is 1. The highest BCUT2D eigenvalue weighted by atomic mass is 32.2. The molecule has 0 spiro atoms. The number of hydrogen-bond acceptors (Lipinski definition) is 6. The number of carboxylic acid groups (broad SMARTS) is 1. The van der Waals surface area contributed by atoms with Gasteiger partial charge in [-0.05, 0) is 20.3 Å². The maximum atomic E-state index is 12.1. The fourth-order valence-corrected chi connectivity index (χ4v) is 3.18. The van der Waals surface area contributed by atoms with Gasteiger partial charge >= 0.3 is 5.97 Å². The second-order valence-corrected chi connectivity index (χ2v) is 5.82. The molecule has 1 heterocycles. The predicted octanol–water partition coefficient (Wildman–Crippen LogP) is -0.712. The SMILES string of the molecule is Cc1noc(C)c1S(=O)(=O)N[C@H](CCC(N)=O)C(=O)O. The van der Waals surface area contributed by atoms with Gasteiger partial charge in [-0.2, -0.15) is 4.72 Å². The van der Waals surface area contributed by atoms with Crippen molar-refractivity contribution >= 4 is 21.9 Å². The molecular formula is C10H15N3O6S. The van der Waals surface area contributed by atoms with E-state index in [0.717, 1.165) is 0 Å². The first-order valence-electron chi connectivity index (χ1n) is 5.61. The van der Waals surface area contributed by atoms with E-state index in [1.54, 1.807) is 0 Å². The number of carbonyl (C=O) groups is 2. The molecule has 20 heavy (non-hydrogen) atoms. The minimum atomic E-state index is -4.11. The number of aromatic nitrogens is 1. The Hall–Kier alpha value is -1.94. The van der Waals surface area contributed by atoms with Crippen molar-refractivity contribution < 1.29 is 27.6 Å². The zero-order chi connectivity index (χ0) is 15.5. The summed E-state index contributed by atoms with van der Waals surface area (Å²) in [5.41, 5.74) is 5.03. The molecule has 1 amide bonds. The van der Waals surface area contributed by atoms with Gasteiger partial charge in [0.05, 0.1) is 0 Å². The molecule has 1 aromatic rings. The summed E-state index contributed by atoms with van der Waals surface area (Å²) >= 11 is 0. The molecule has 10 heteroatoms. The Morgan fingerprint density at radius 2 is 2.05 bits per heavy atom. The number of aryl methyl sites for hydroxylation is 2. The number of nitrogens with two attached hydrogens (primary N) is 1. The Bertz CT molecular complexity index is 601. The van der Waals surface area contributed by atoms with E-state index in [0.29, 0.717) is 0 Å². The Morgan fingerprint density at radius 3 is 2.45 bits per heavy atom. The number of carboxylic acids is 1. The topological polar surface area (TPSA) is 153 Å². The van der Waals surface area contributed by atoms with Gasteiger partial charge in [-0.3, -0.25) is 9.59 Å². The van der Waals surface area contributed by atoms with Gasteiger partial charge in [0, 0.05) is 6.42 Å². The number of primary amides is 1. The lowest BCUT2D eigenvalue weighted by Gasteiger charge is -2.13. The Kier molecular flexibility index (Phi) is 4.84. The molecule has 1 atom stereocenters. The number of sulfonamides is 1. The van der Waals surface area contributed by atoms with Crippen LogP contribution in [0.2, 0.25) is 0 Å². The monoisotopic (exact) mass is 305 g/mol. The number of carbonyl (C=O) groups excluding carboxylic acids is 1. The standard InChI is InChI=1S/C10H15N3O6S/c1-5-9(6(2)19-12-5)20(17,18)13-7(10(15)16)3-4-8(11)14/h7,13H,3-4H2,1-2H3,(H2,11,14)(H,15,16)/t7-/m1/s1. The molecule has 1 rings (SSSR count). The molecule has 0 saturated heterocycles. The quantitative estimate of drug-likeness (QED) is 0.601. The summed E-state index contributed by atoms with van der Waals surface area (Å²) in [6.07, 6.45) is -0.492. The van der Waals surface area contributed by atoms with Crippen molar-refractivity contribution in [1.82, 2.24) is 9.88 Å². The van der Waals surface area contributed by atoms with Crippen molar-refractivity contribution in [2.24, 2.45) is 5.73 Å². The molecule has 0 aromatic carbocycles. The van der Waals surface area contributed by atoms with Crippen LogP contribution in [0.3, 0.4) is 0 Å². The van der Waals surface area contributed by atoms with E-state index >= 15 is 0 Å². The lowest BCUT2D eigenvalue weighted by atomic mass is 10.2. The van der Waals surface area contributed by atoms with Crippen molar-refractivity contribution in [3.8, 4) is 0 Å². The predicted molar refractivity (Wildman–Crippen MR) is 66.2 cm³/mol. The van der Waals surface area contributed by atoms with Crippen molar-refractivity contribution in [3.05, 3.63) is 11.5 Å². The first-order valence-corrected chi connectivity index (χ1v) is 7.09. The van der Waals surface area contributed by atoms with Gasteiger partial charge in [0.25, 0.3) is 0 Å². The Balaban J connectivity index is 2.98. The van der Waals surface area contributed by atoms with Gasteiger partial charge < -0.3 is 15.4 Å². The summed E-state index contributed by atoms with van der Waals surface area (Å²) < 4.78 is 30.9. The molecule has 112 valence electrons. The van der Waals surface area contributed by atoms with E-state index in [1.165, 1.54) is 13.8 Å². The van der Waals surface area contributed by atoms with Gasteiger partial charge in [-0.15, -0.1) is 0 Å². The van der Waals surface area contributed by atoms with Crippen molar-refractivity contribution in [3.63, 3.8) is 0 Å². The summed E-state index contributed by atoms with van der Waals surface area (Å²) in [6.45, 7) is 2.82. The van der Waals surface area contributed by atoms with Crippen molar-refractivity contribution in [2.75, 3.05) is 0 Å². The van der Waals surface area contributed by atoms with E-state index < -0.39 is 27.9 Å². The molecule has 9 nitrogen and oxygen atoms in total. The Labute approximate surface area is 115 Å². The molecule has 0 saturated carbocycles. The van der Waals surface area contributed by atoms with Crippen LogP contribution in [0.1, 0.15) is 24.3 Å². The third-order valence-electron chi connectivity index (χ3n) is 2.51. The zero-order valence-corrected chi connectivity index (χ0v) is 11.7. The minimum Gasteiger partial charge on any atom is -0.480 e. The first-order chi connectivity index (χ1) is 9.15. The van der Waals surface area contributed by atoms with Crippen LogP contribution >= 0.6 is 0 Å². The van der Waals surface area contributed by atoms with Gasteiger partial charge in [0.1, 0.15) is 16.6 Å². The molecule has 0 fully saturated rings. The largest absolute Gasteiger partial charge is 0.480 e. The molecule has 0 unspecified atom stereocenters. The van der Waals surface area contributed by atoms with Gasteiger partial charge in [0.15, 0.2) is 5.76 Å². The average Bonchev–Trinajstić information content (AvgIpc) is 2.64. The lowest BCUT2D eigenvalue weighted by Crippen LogP contribution is -2.41. The molecule has 0 radical (unpaired) electrons. The first kappa shape index (κ1) is 16.1. The van der Waals surface area contributed by atoms with Crippen LogP contribution in [0.25, 0.3) is 0 Å². The maximum Gasteiger partial charge on any atom is 0.321 e. The number of rotatable bonds is 7. The number of hydrogen-bond donors (Lipinski definition) is 3.